The maximum atomic E-state index is 11.9. The Hall–Kier alpha value is -3.20. The summed E-state index contributed by atoms with van der Waals surface area (Å²) in [5.41, 5.74) is 7.59. The smallest absolute Gasteiger partial charge is 0.234 e. The zero-order valence-electron chi connectivity index (χ0n) is 13.1. The molecule has 126 valence electrons. The van der Waals surface area contributed by atoms with Gasteiger partial charge in [0.2, 0.25) is 17.0 Å². The number of amides is 1. The highest BCUT2D eigenvalue weighted by Crippen LogP contribution is 2.20. The third-order valence-electron chi connectivity index (χ3n) is 3.00. The third-order valence-corrected chi connectivity index (χ3v) is 3.85. The van der Waals surface area contributed by atoms with Crippen LogP contribution in [-0.4, -0.2) is 26.8 Å². The molecule has 25 heavy (non-hydrogen) atoms. The quantitative estimate of drug-likeness (QED) is 0.462. The highest BCUT2D eigenvalue weighted by molar-refractivity contribution is 7.99. The van der Waals surface area contributed by atoms with Crippen LogP contribution in [0.2, 0.25) is 0 Å². The summed E-state index contributed by atoms with van der Waals surface area (Å²) in [5.74, 6) is 0.252. The lowest BCUT2D eigenvalue weighted by molar-refractivity contribution is -0.113. The van der Waals surface area contributed by atoms with Gasteiger partial charge in [-0.1, -0.05) is 30.0 Å². The molecular weight excluding hydrogens is 338 g/mol. The summed E-state index contributed by atoms with van der Waals surface area (Å²) in [5, 5.41) is 17.9. The summed E-state index contributed by atoms with van der Waals surface area (Å²) in [7, 11) is 0. The zero-order chi connectivity index (χ0) is 17.5. The number of thioether (sulfide) groups is 1. The molecule has 1 heterocycles. The molecule has 0 fully saturated rings. The maximum Gasteiger partial charge on any atom is 0.234 e. The molecule has 3 aromatic rings. The highest BCUT2D eigenvalue weighted by atomic mass is 32.2. The van der Waals surface area contributed by atoms with Gasteiger partial charge >= 0.3 is 0 Å². The monoisotopic (exact) mass is 353 g/mol. The van der Waals surface area contributed by atoms with E-state index in [2.05, 4.69) is 30.7 Å². The minimum absolute atomic E-state index is 0.160. The van der Waals surface area contributed by atoms with E-state index in [0.29, 0.717) is 16.5 Å². The molecule has 0 spiro atoms. The maximum absolute atomic E-state index is 11.9. The van der Waals surface area contributed by atoms with Crippen LogP contribution >= 0.6 is 11.8 Å². The summed E-state index contributed by atoms with van der Waals surface area (Å²) in [6.45, 7) is 0. The molecule has 0 saturated heterocycles. The summed E-state index contributed by atoms with van der Waals surface area (Å²) in [6, 6.07) is 16.6. The molecule has 0 unspecified atom stereocenters. The molecule has 0 aliphatic heterocycles. The fraction of sp³-hybridized carbons (Fsp3) is 0.0625. The first kappa shape index (κ1) is 16.7. The molecule has 0 saturated carbocycles. The van der Waals surface area contributed by atoms with Gasteiger partial charge in [-0.3, -0.25) is 4.79 Å². The molecule has 0 aliphatic rings. The van der Waals surface area contributed by atoms with E-state index in [9.17, 15) is 4.79 Å². The van der Waals surface area contributed by atoms with Gasteiger partial charge in [-0.2, -0.15) is 15.2 Å². The fourth-order valence-electron chi connectivity index (χ4n) is 1.87. The normalized spacial score (nSPS) is 10.9. The van der Waals surface area contributed by atoms with Gasteiger partial charge < -0.3 is 11.1 Å². The van der Waals surface area contributed by atoms with Gasteiger partial charge in [-0.05, 0) is 36.4 Å². The van der Waals surface area contributed by atoms with Gasteiger partial charge in [0.25, 0.3) is 0 Å². The van der Waals surface area contributed by atoms with Crippen molar-refractivity contribution in [2.24, 2.45) is 10.2 Å². The molecule has 3 rings (SSSR count). The van der Waals surface area contributed by atoms with Crippen LogP contribution in [0.1, 0.15) is 0 Å². The SMILES string of the molecule is Nc1nc(SCC(=O)Nc2ccc(N=Nc3ccccc3)cc2)n[nH]1. The van der Waals surface area contributed by atoms with Crippen LogP contribution in [0.25, 0.3) is 0 Å². The van der Waals surface area contributed by atoms with Crippen LogP contribution in [0.3, 0.4) is 0 Å². The molecular formula is C16H15N7OS. The standard InChI is InChI=1S/C16H15N7OS/c17-15-19-16(23-22-15)25-10-14(24)18-11-6-8-13(9-7-11)21-20-12-4-2-1-3-5-12/h1-9H,10H2,(H,18,24)(H3,17,19,22,23). The van der Waals surface area contributed by atoms with Crippen LogP contribution in [0.5, 0.6) is 0 Å². The van der Waals surface area contributed by atoms with E-state index in [4.69, 9.17) is 5.73 Å². The van der Waals surface area contributed by atoms with Crippen LogP contribution in [-0.2, 0) is 4.79 Å². The minimum atomic E-state index is -0.160. The number of nitrogens with zero attached hydrogens (tertiary/aromatic N) is 4. The fourth-order valence-corrected chi connectivity index (χ4v) is 2.48. The zero-order valence-corrected chi connectivity index (χ0v) is 13.9. The van der Waals surface area contributed by atoms with Gasteiger partial charge in [0.15, 0.2) is 0 Å². The van der Waals surface area contributed by atoms with Crippen molar-refractivity contribution in [3.05, 3.63) is 54.6 Å². The van der Waals surface area contributed by atoms with Crippen molar-refractivity contribution in [3.63, 3.8) is 0 Å². The van der Waals surface area contributed by atoms with Crippen molar-refractivity contribution >= 4 is 40.7 Å². The number of nitrogen functional groups attached to an aromatic ring is 1. The molecule has 0 aliphatic carbocycles. The van der Waals surface area contributed by atoms with Crippen molar-refractivity contribution in [2.75, 3.05) is 16.8 Å². The largest absolute Gasteiger partial charge is 0.368 e. The number of hydrogen-bond acceptors (Lipinski definition) is 7. The molecule has 0 bridgehead atoms. The van der Waals surface area contributed by atoms with E-state index in [0.717, 1.165) is 5.69 Å². The summed E-state index contributed by atoms with van der Waals surface area (Å²) < 4.78 is 0. The number of azo groups is 1. The van der Waals surface area contributed by atoms with E-state index >= 15 is 0 Å². The number of aromatic amines is 1. The number of H-pyrrole nitrogens is 1. The highest BCUT2D eigenvalue weighted by Gasteiger charge is 2.07. The number of carbonyl (C=O) groups excluding carboxylic acids is 1. The molecule has 0 radical (unpaired) electrons. The lowest BCUT2D eigenvalue weighted by Crippen LogP contribution is -2.13. The lowest BCUT2D eigenvalue weighted by atomic mass is 10.3. The van der Waals surface area contributed by atoms with Gasteiger partial charge in [-0.15, -0.1) is 5.10 Å². The van der Waals surface area contributed by atoms with Crippen LogP contribution in [0.4, 0.5) is 23.0 Å². The first-order valence-corrected chi connectivity index (χ1v) is 8.35. The van der Waals surface area contributed by atoms with Crippen LogP contribution in [0, 0.1) is 0 Å². The Morgan fingerprint density at radius 2 is 1.76 bits per heavy atom. The van der Waals surface area contributed by atoms with Crippen molar-refractivity contribution in [2.45, 2.75) is 5.16 Å². The number of rotatable bonds is 6. The van der Waals surface area contributed by atoms with Crippen molar-refractivity contribution < 1.29 is 4.79 Å². The number of aromatic nitrogens is 3. The van der Waals surface area contributed by atoms with Gasteiger partial charge in [0, 0.05) is 5.69 Å². The summed E-state index contributed by atoms with van der Waals surface area (Å²) in [6.07, 6.45) is 0. The molecule has 0 atom stereocenters. The Bertz CT molecular complexity index is 862. The van der Waals surface area contributed by atoms with E-state index < -0.39 is 0 Å². The number of carbonyl (C=O) groups is 1. The van der Waals surface area contributed by atoms with Crippen LogP contribution < -0.4 is 11.1 Å². The first-order valence-electron chi connectivity index (χ1n) is 7.36. The number of nitrogens with one attached hydrogen (secondary N) is 2. The average Bonchev–Trinajstić information content (AvgIpc) is 3.06. The van der Waals surface area contributed by atoms with Crippen molar-refractivity contribution in [1.29, 1.82) is 0 Å². The predicted octanol–water partition coefficient (Wildman–Crippen LogP) is 3.53. The molecule has 2 aromatic carbocycles. The molecule has 1 aromatic heterocycles. The molecule has 1 amide bonds. The Morgan fingerprint density at radius 3 is 2.40 bits per heavy atom. The number of nitrogens with two attached hydrogens (primary N) is 1. The van der Waals surface area contributed by atoms with Gasteiger partial charge in [0.05, 0.1) is 17.1 Å². The Kier molecular flexibility index (Phi) is 5.37. The number of anilines is 2. The second kappa shape index (κ2) is 8.06. The van der Waals surface area contributed by atoms with E-state index in [1.807, 2.05) is 30.3 Å². The Balaban J connectivity index is 1.51. The topological polar surface area (TPSA) is 121 Å². The first-order chi connectivity index (χ1) is 12.2. The van der Waals surface area contributed by atoms with Crippen molar-refractivity contribution in [3.8, 4) is 0 Å². The van der Waals surface area contributed by atoms with E-state index in [-0.39, 0.29) is 17.6 Å². The summed E-state index contributed by atoms with van der Waals surface area (Å²) in [4.78, 5) is 15.8. The Morgan fingerprint density at radius 1 is 1.08 bits per heavy atom. The average molecular weight is 353 g/mol. The van der Waals surface area contributed by atoms with Crippen LogP contribution in [0.15, 0.2) is 70.0 Å². The number of benzene rings is 2. The molecule has 9 heteroatoms. The van der Waals surface area contributed by atoms with Gasteiger partial charge in [-0.25, -0.2) is 5.10 Å². The predicted molar refractivity (Wildman–Crippen MR) is 97.2 cm³/mol. The second-order valence-electron chi connectivity index (χ2n) is 4.92. The minimum Gasteiger partial charge on any atom is -0.368 e. The molecule has 8 nitrogen and oxygen atoms in total. The Labute approximate surface area is 148 Å². The second-order valence-corrected chi connectivity index (χ2v) is 5.86. The third kappa shape index (κ3) is 5.15. The van der Waals surface area contributed by atoms with E-state index in [1.165, 1.54) is 11.8 Å². The van der Waals surface area contributed by atoms with E-state index in [1.54, 1.807) is 24.3 Å². The lowest BCUT2D eigenvalue weighted by Gasteiger charge is -2.04. The number of hydrogen-bond donors (Lipinski definition) is 3. The molecule has 4 N–H and O–H groups in total. The van der Waals surface area contributed by atoms with Crippen molar-refractivity contribution in [1.82, 2.24) is 15.2 Å². The summed E-state index contributed by atoms with van der Waals surface area (Å²) >= 11 is 1.20. The van der Waals surface area contributed by atoms with Gasteiger partial charge in [0.1, 0.15) is 0 Å².